The van der Waals surface area contributed by atoms with E-state index in [0.29, 0.717) is 30.4 Å². The van der Waals surface area contributed by atoms with Crippen LogP contribution < -0.4 is 0 Å². The van der Waals surface area contributed by atoms with Crippen LogP contribution in [0.25, 0.3) is 0 Å². The van der Waals surface area contributed by atoms with E-state index in [4.69, 9.17) is 18.9 Å². The Morgan fingerprint density at radius 2 is 1.88 bits per heavy atom. The zero-order valence-electron chi connectivity index (χ0n) is 22.2. The Hall–Kier alpha value is -2.80. The third-order valence-corrected chi connectivity index (χ3v) is 8.93. The monoisotopic (exact) mass is 560 g/mol. The fraction of sp³-hybridized carbons (Fsp3) is 0.586. The van der Waals surface area contributed by atoms with Crippen LogP contribution in [0, 0.1) is 17.3 Å². The summed E-state index contributed by atoms with van der Waals surface area (Å²) < 4.78 is 23.2. The van der Waals surface area contributed by atoms with Crippen LogP contribution in [-0.2, 0) is 35.0 Å². The molecular formula is C29H36O11. The molecule has 2 aliphatic carbocycles. The molecule has 2 heterocycles. The van der Waals surface area contributed by atoms with E-state index in [9.17, 15) is 35.1 Å². The number of hydrogen-bond acceptors (Lipinski definition) is 11. The van der Waals surface area contributed by atoms with Gasteiger partial charge in [0.05, 0.1) is 19.6 Å². The SMILES string of the molecule is C=C1C(=O)O[C@@H]2[C@H]3C(CO[C@@H]4O[C@H](CO)[C@H](O)[C@H](O)[C@H]4O)=CC[C@@H](OC(=O)Cc4ccc(O)cc4)[C@]3(C)CC[C@@H]12. The van der Waals surface area contributed by atoms with Gasteiger partial charge in [0.2, 0.25) is 0 Å². The molecule has 0 spiro atoms. The first-order valence-electron chi connectivity index (χ1n) is 13.5. The third-order valence-electron chi connectivity index (χ3n) is 8.93. The lowest BCUT2D eigenvalue weighted by Crippen LogP contribution is -2.59. The molecule has 2 aliphatic heterocycles. The molecule has 10 atom stereocenters. The Morgan fingerprint density at radius 1 is 1.15 bits per heavy atom. The Labute approximate surface area is 231 Å². The summed E-state index contributed by atoms with van der Waals surface area (Å²) in [4.78, 5) is 25.4. The lowest BCUT2D eigenvalue weighted by molar-refractivity contribution is -0.299. The Bertz CT molecular complexity index is 1160. The molecule has 0 bridgehead atoms. The molecule has 0 unspecified atom stereocenters. The highest BCUT2D eigenvalue weighted by Crippen LogP contribution is 2.57. The summed E-state index contributed by atoms with van der Waals surface area (Å²) in [5.74, 6) is -1.36. The summed E-state index contributed by atoms with van der Waals surface area (Å²) in [6, 6.07) is 6.33. The number of phenolic OH excluding ortho intramolecular Hbond substituents is 1. The van der Waals surface area contributed by atoms with Crippen LogP contribution in [0.3, 0.4) is 0 Å². The molecule has 0 amide bonds. The Morgan fingerprint density at radius 3 is 2.58 bits per heavy atom. The summed E-state index contributed by atoms with van der Waals surface area (Å²) in [6.07, 6.45) is -4.54. The Kier molecular flexibility index (Phi) is 8.06. The highest BCUT2D eigenvalue weighted by atomic mass is 16.7. The van der Waals surface area contributed by atoms with E-state index in [0.717, 1.165) is 5.57 Å². The molecule has 1 saturated carbocycles. The first-order chi connectivity index (χ1) is 19.0. The van der Waals surface area contributed by atoms with E-state index < -0.39 is 66.9 Å². The van der Waals surface area contributed by atoms with Gasteiger partial charge in [0.15, 0.2) is 6.29 Å². The van der Waals surface area contributed by atoms with Crippen LogP contribution in [0.1, 0.15) is 31.7 Å². The molecule has 4 aliphatic rings. The van der Waals surface area contributed by atoms with E-state index in [1.165, 1.54) is 12.1 Å². The number of benzene rings is 1. The average molecular weight is 561 g/mol. The maximum atomic E-state index is 12.9. The molecule has 218 valence electrons. The van der Waals surface area contributed by atoms with Gasteiger partial charge in [0, 0.05) is 29.2 Å². The van der Waals surface area contributed by atoms with Gasteiger partial charge in [0.25, 0.3) is 0 Å². The normalized spacial score (nSPS) is 39.1. The van der Waals surface area contributed by atoms with Crippen molar-refractivity contribution in [2.75, 3.05) is 13.2 Å². The van der Waals surface area contributed by atoms with Crippen LogP contribution in [0.15, 0.2) is 48.1 Å². The molecular weight excluding hydrogens is 524 g/mol. The van der Waals surface area contributed by atoms with Crippen molar-refractivity contribution in [1.29, 1.82) is 0 Å². The molecule has 0 aromatic heterocycles. The zero-order chi connectivity index (χ0) is 28.8. The topological polar surface area (TPSA) is 172 Å². The summed E-state index contributed by atoms with van der Waals surface area (Å²) in [5, 5.41) is 49.6. The van der Waals surface area contributed by atoms with Crippen molar-refractivity contribution in [3.63, 3.8) is 0 Å². The molecule has 3 fully saturated rings. The third kappa shape index (κ3) is 5.17. The summed E-state index contributed by atoms with van der Waals surface area (Å²) in [6.45, 7) is 5.31. The van der Waals surface area contributed by atoms with Gasteiger partial charge in [-0.25, -0.2) is 4.79 Å². The molecule has 5 rings (SSSR count). The number of aliphatic hydroxyl groups excluding tert-OH is 4. The van der Waals surface area contributed by atoms with Gasteiger partial charge in [-0.15, -0.1) is 0 Å². The standard InChI is InChI=1S/C29H36O11/c1-14-18-9-10-29(2)20(39-21(32)11-15-3-6-17(31)7-4-15)8-5-16(22(29)26(18)40-27(14)36)13-37-28-25(35)24(34)23(33)19(12-30)38-28/h3-7,18-20,22-26,28,30-31,33-35H,1,8-13H2,2H3/t18-,19+,20+,22+,23-,24-,25+,26-,28+,29-/m0/s1. The second-order valence-electron chi connectivity index (χ2n) is 11.4. The number of carbonyl (C=O) groups excluding carboxylic acids is 2. The quantitative estimate of drug-likeness (QED) is 0.179. The molecule has 11 nitrogen and oxygen atoms in total. The number of fused-ring (bicyclic) bond motifs is 3. The molecule has 5 N–H and O–H groups in total. The highest BCUT2D eigenvalue weighted by Gasteiger charge is 2.59. The zero-order valence-corrected chi connectivity index (χ0v) is 22.2. The van der Waals surface area contributed by atoms with E-state index in [1.54, 1.807) is 12.1 Å². The number of esters is 2. The first-order valence-corrected chi connectivity index (χ1v) is 13.5. The first kappa shape index (κ1) is 28.7. The van der Waals surface area contributed by atoms with Crippen LogP contribution in [0.2, 0.25) is 0 Å². The van der Waals surface area contributed by atoms with Crippen molar-refractivity contribution in [3.8, 4) is 5.75 Å². The smallest absolute Gasteiger partial charge is 0.334 e. The van der Waals surface area contributed by atoms with Crippen molar-refractivity contribution in [1.82, 2.24) is 0 Å². The van der Waals surface area contributed by atoms with Gasteiger partial charge < -0.3 is 44.5 Å². The van der Waals surface area contributed by atoms with Gasteiger partial charge in [-0.05, 0) is 36.1 Å². The van der Waals surface area contributed by atoms with Crippen molar-refractivity contribution in [2.24, 2.45) is 17.3 Å². The molecule has 1 aromatic carbocycles. The predicted molar refractivity (Wildman–Crippen MR) is 137 cm³/mol. The highest BCUT2D eigenvalue weighted by molar-refractivity contribution is 5.91. The molecule has 1 aromatic rings. The lowest BCUT2D eigenvalue weighted by atomic mass is 9.55. The fourth-order valence-electron chi connectivity index (χ4n) is 6.61. The summed E-state index contributed by atoms with van der Waals surface area (Å²) in [7, 11) is 0. The van der Waals surface area contributed by atoms with Gasteiger partial charge in [0.1, 0.15) is 42.4 Å². The van der Waals surface area contributed by atoms with Crippen molar-refractivity contribution < 1.29 is 54.1 Å². The number of hydrogen-bond donors (Lipinski definition) is 5. The molecule has 0 radical (unpaired) electrons. The number of aromatic hydroxyl groups is 1. The fourth-order valence-corrected chi connectivity index (χ4v) is 6.61. The number of carbonyl (C=O) groups is 2. The second kappa shape index (κ2) is 11.2. The van der Waals surface area contributed by atoms with E-state index in [-0.39, 0.29) is 30.6 Å². The van der Waals surface area contributed by atoms with Gasteiger partial charge in [-0.2, -0.15) is 0 Å². The van der Waals surface area contributed by atoms with Crippen LogP contribution in [-0.4, -0.2) is 93.6 Å². The summed E-state index contributed by atoms with van der Waals surface area (Å²) >= 11 is 0. The predicted octanol–water partition coefficient (Wildman–Crippen LogP) is 0.507. The van der Waals surface area contributed by atoms with Crippen LogP contribution >= 0.6 is 0 Å². The number of rotatable bonds is 7. The van der Waals surface area contributed by atoms with Crippen LogP contribution in [0.4, 0.5) is 0 Å². The lowest BCUT2D eigenvalue weighted by Gasteiger charge is -2.52. The molecule has 11 heteroatoms. The van der Waals surface area contributed by atoms with Gasteiger partial charge in [-0.3, -0.25) is 4.79 Å². The van der Waals surface area contributed by atoms with Crippen molar-refractivity contribution in [3.05, 3.63) is 53.6 Å². The minimum Gasteiger partial charge on any atom is -0.508 e. The van der Waals surface area contributed by atoms with Crippen molar-refractivity contribution in [2.45, 2.75) is 75.5 Å². The minimum absolute atomic E-state index is 0.0339. The van der Waals surface area contributed by atoms with Crippen molar-refractivity contribution >= 4 is 11.9 Å². The van der Waals surface area contributed by atoms with E-state index in [2.05, 4.69) is 6.58 Å². The average Bonchev–Trinajstić information content (AvgIpc) is 3.22. The van der Waals surface area contributed by atoms with Crippen LogP contribution in [0.5, 0.6) is 5.75 Å². The van der Waals surface area contributed by atoms with E-state index >= 15 is 0 Å². The minimum atomic E-state index is -1.57. The number of aliphatic hydroxyl groups is 4. The van der Waals surface area contributed by atoms with Gasteiger partial charge in [-0.1, -0.05) is 31.7 Å². The maximum Gasteiger partial charge on any atom is 0.334 e. The second-order valence-corrected chi connectivity index (χ2v) is 11.4. The maximum absolute atomic E-state index is 12.9. The summed E-state index contributed by atoms with van der Waals surface area (Å²) in [5.41, 5.74) is 1.27. The number of ether oxygens (including phenoxy) is 4. The largest absolute Gasteiger partial charge is 0.508 e. The van der Waals surface area contributed by atoms with Gasteiger partial charge >= 0.3 is 11.9 Å². The van der Waals surface area contributed by atoms with E-state index in [1.807, 2.05) is 13.0 Å². The molecule has 40 heavy (non-hydrogen) atoms. The molecule has 2 saturated heterocycles. The Balaban J connectivity index is 1.36. The number of phenols is 1.